The fourth-order valence-electron chi connectivity index (χ4n) is 5.58. The van der Waals surface area contributed by atoms with Crippen LogP contribution in [-0.4, -0.2) is 71.5 Å². The summed E-state index contributed by atoms with van der Waals surface area (Å²) >= 11 is 0. The van der Waals surface area contributed by atoms with E-state index in [-0.39, 0.29) is 17.0 Å². The van der Waals surface area contributed by atoms with Gasteiger partial charge in [0.05, 0.1) is 5.69 Å². The lowest BCUT2D eigenvalue weighted by atomic mass is 9.89. The van der Waals surface area contributed by atoms with E-state index in [9.17, 15) is 9.59 Å². The topological polar surface area (TPSA) is 72.9 Å². The van der Waals surface area contributed by atoms with Crippen LogP contribution in [0.2, 0.25) is 0 Å². The van der Waals surface area contributed by atoms with Crippen molar-refractivity contribution < 1.29 is 14.0 Å². The van der Waals surface area contributed by atoms with E-state index in [0.29, 0.717) is 44.1 Å². The van der Waals surface area contributed by atoms with Crippen LogP contribution in [0.4, 0.5) is 20.7 Å². The van der Waals surface area contributed by atoms with Crippen molar-refractivity contribution in [3.8, 4) is 5.69 Å². The van der Waals surface area contributed by atoms with Gasteiger partial charge in [0.25, 0.3) is 5.91 Å². The Morgan fingerprint density at radius 3 is 2.11 bits per heavy atom. The fourth-order valence-corrected chi connectivity index (χ4v) is 5.58. The summed E-state index contributed by atoms with van der Waals surface area (Å²) < 4.78 is 17.1. The lowest BCUT2D eigenvalue weighted by Gasteiger charge is -2.35. The monoisotopic (exact) mass is 624 g/mol. The molecule has 3 amide bonds. The minimum absolute atomic E-state index is 0.0385. The number of piperazine rings is 1. The molecule has 242 valence electrons. The molecule has 0 unspecified atom stereocenters. The summed E-state index contributed by atoms with van der Waals surface area (Å²) in [6, 6.07) is 22.2. The maximum absolute atomic E-state index is 15.2. The van der Waals surface area contributed by atoms with Crippen LogP contribution in [0.25, 0.3) is 5.69 Å². The van der Waals surface area contributed by atoms with Crippen LogP contribution in [0.5, 0.6) is 0 Å². The second-order valence-electron chi connectivity index (χ2n) is 13.5. The normalized spacial score (nSPS) is 14.0. The van der Waals surface area contributed by atoms with Crippen molar-refractivity contribution in [1.82, 2.24) is 19.3 Å². The predicted octanol–water partition coefficient (Wildman–Crippen LogP) is 6.89. The summed E-state index contributed by atoms with van der Waals surface area (Å²) in [5.41, 5.74) is 5.80. The minimum atomic E-state index is -0.522. The summed E-state index contributed by atoms with van der Waals surface area (Å²) in [6.45, 7) is 12.4. The number of amides is 3. The number of rotatable bonds is 8. The molecule has 1 aliphatic rings. The van der Waals surface area contributed by atoms with Gasteiger partial charge in [-0.25, -0.2) is 9.18 Å². The van der Waals surface area contributed by atoms with Crippen molar-refractivity contribution in [2.45, 2.75) is 46.2 Å². The molecule has 1 saturated heterocycles. The highest BCUT2D eigenvalue weighted by Gasteiger charge is 2.23. The van der Waals surface area contributed by atoms with E-state index in [1.807, 2.05) is 97.3 Å². The smallest absolute Gasteiger partial charge is 0.324 e. The Morgan fingerprint density at radius 2 is 1.50 bits per heavy atom. The lowest BCUT2D eigenvalue weighted by Crippen LogP contribution is -2.48. The third kappa shape index (κ3) is 8.21. The molecule has 8 nitrogen and oxygen atoms in total. The van der Waals surface area contributed by atoms with E-state index in [1.165, 1.54) is 11.6 Å². The third-order valence-electron chi connectivity index (χ3n) is 8.29. The summed E-state index contributed by atoms with van der Waals surface area (Å²) in [5.74, 6) is 0.141. The molecule has 4 aromatic rings. The first-order valence-electron chi connectivity index (χ1n) is 15.8. The molecule has 2 N–H and O–H groups in total. The average Bonchev–Trinajstić information content (AvgIpc) is 3.43. The van der Waals surface area contributed by atoms with Gasteiger partial charge in [-0.2, -0.15) is 0 Å². The third-order valence-corrected chi connectivity index (χ3v) is 8.29. The average molecular weight is 625 g/mol. The number of urea groups is 1. The molecule has 0 bridgehead atoms. The maximum atomic E-state index is 15.2. The van der Waals surface area contributed by atoms with Gasteiger partial charge < -0.3 is 19.7 Å². The summed E-state index contributed by atoms with van der Waals surface area (Å²) in [5, 5.41) is 5.58. The van der Waals surface area contributed by atoms with E-state index in [1.54, 1.807) is 6.07 Å². The number of halogens is 1. The van der Waals surface area contributed by atoms with Crippen LogP contribution in [0.3, 0.4) is 0 Å². The molecule has 0 spiro atoms. The number of carbonyl (C=O) groups excluding carboxylic acids is 2. The number of aryl methyl sites for hydroxylation is 1. The van der Waals surface area contributed by atoms with Gasteiger partial charge in [-0.1, -0.05) is 56.7 Å². The maximum Gasteiger partial charge on any atom is 0.324 e. The first-order valence-corrected chi connectivity index (χ1v) is 15.8. The second kappa shape index (κ2) is 13.9. The Bertz CT molecular complexity index is 1660. The molecule has 5 rings (SSSR count). The van der Waals surface area contributed by atoms with Gasteiger partial charge in [-0.3, -0.25) is 15.0 Å². The number of carbonyl (C=O) groups is 2. The molecular formula is C37H45FN6O2. The molecule has 9 heteroatoms. The molecule has 0 saturated carbocycles. The van der Waals surface area contributed by atoms with E-state index < -0.39 is 11.8 Å². The Kier molecular flexibility index (Phi) is 9.94. The van der Waals surface area contributed by atoms with Gasteiger partial charge in [0, 0.05) is 56.7 Å². The zero-order valence-corrected chi connectivity index (χ0v) is 27.7. The van der Waals surface area contributed by atoms with Gasteiger partial charge in [-0.15, -0.1) is 0 Å². The van der Waals surface area contributed by atoms with Crippen molar-refractivity contribution >= 4 is 23.4 Å². The van der Waals surface area contributed by atoms with Gasteiger partial charge in [0.1, 0.15) is 11.6 Å². The molecule has 1 fully saturated rings. The number of aromatic nitrogens is 1. The fraction of sp³-hybridized carbons (Fsp3) is 0.351. The van der Waals surface area contributed by atoms with E-state index in [2.05, 4.69) is 41.2 Å². The number of benzene rings is 3. The molecule has 0 radical (unpaired) electrons. The van der Waals surface area contributed by atoms with Crippen molar-refractivity contribution in [2.24, 2.45) is 0 Å². The van der Waals surface area contributed by atoms with Crippen LogP contribution >= 0.6 is 0 Å². The number of hydrogen-bond acceptors (Lipinski definition) is 4. The minimum Gasteiger partial charge on any atom is -0.336 e. The van der Waals surface area contributed by atoms with Gasteiger partial charge in [0.15, 0.2) is 0 Å². The van der Waals surface area contributed by atoms with Crippen LogP contribution in [0.1, 0.15) is 53.4 Å². The highest BCUT2D eigenvalue weighted by Crippen LogP contribution is 2.29. The Morgan fingerprint density at radius 1 is 0.848 bits per heavy atom. The standard InChI is InChI=1S/C37H45FN6O2/c1-26-7-14-31(15-8-26)44-25-30(37(2,3)4)22-34(44)40-36(46)39-33-16-11-28(21-32(33)38)24-42-17-19-43(20-18-42)35(45)29-12-9-27(10-13-29)23-41(5)6/h7-16,21-22,25H,17-20,23-24H2,1-6H3,(H2,39,40,46). The SMILES string of the molecule is Cc1ccc(-n2cc(C(C)(C)C)cc2NC(=O)Nc2ccc(CN3CCN(C(=O)c4ccc(CN(C)C)cc4)CC3)cc2F)cc1. The molecule has 2 heterocycles. The molecule has 1 aliphatic heterocycles. The Hall–Kier alpha value is -4.47. The largest absolute Gasteiger partial charge is 0.336 e. The quantitative estimate of drug-likeness (QED) is 0.224. The highest BCUT2D eigenvalue weighted by atomic mass is 19.1. The van der Waals surface area contributed by atoms with Crippen molar-refractivity contribution in [3.63, 3.8) is 0 Å². The van der Waals surface area contributed by atoms with Gasteiger partial charge in [-0.05, 0) is 85.6 Å². The van der Waals surface area contributed by atoms with Crippen LogP contribution in [-0.2, 0) is 18.5 Å². The second-order valence-corrected chi connectivity index (χ2v) is 13.5. The summed E-state index contributed by atoms with van der Waals surface area (Å²) in [4.78, 5) is 32.3. The van der Waals surface area contributed by atoms with E-state index >= 15 is 4.39 Å². The molecule has 46 heavy (non-hydrogen) atoms. The van der Waals surface area contributed by atoms with Gasteiger partial charge in [0.2, 0.25) is 0 Å². The van der Waals surface area contributed by atoms with E-state index in [0.717, 1.165) is 28.9 Å². The number of hydrogen-bond donors (Lipinski definition) is 2. The first kappa shape index (κ1) is 32.9. The molecule has 3 aromatic carbocycles. The molecular weight excluding hydrogens is 579 g/mol. The number of nitrogens with zero attached hydrogens (tertiary/aromatic N) is 4. The van der Waals surface area contributed by atoms with Gasteiger partial charge >= 0.3 is 6.03 Å². The first-order chi connectivity index (χ1) is 21.9. The van der Waals surface area contributed by atoms with E-state index in [4.69, 9.17) is 0 Å². The zero-order chi connectivity index (χ0) is 33.0. The van der Waals surface area contributed by atoms with Crippen LogP contribution < -0.4 is 10.6 Å². The summed E-state index contributed by atoms with van der Waals surface area (Å²) in [6.07, 6.45) is 2.02. The molecule has 0 atom stereocenters. The van der Waals surface area contributed by atoms with Crippen molar-refractivity contribution in [2.75, 3.05) is 50.9 Å². The summed E-state index contributed by atoms with van der Waals surface area (Å²) in [7, 11) is 4.04. The van der Waals surface area contributed by atoms with Crippen molar-refractivity contribution in [3.05, 3.63) is 113 Å². The lowest BCUT2D eigenvalue weighted by molar-refractivity contribution is 0.0628. The molecule has 1 aromatic heterocycles. The zero-order valence-electron chi connectivity index (χ0n) is 27.7. The van der Waals surface area contributed by atoms with Crippen LogP contribution in [0.15, 0.2) is 79.0 Å². The highest BCUT2D eigenvalue weighted by molar-refractivity contribution is 5.99. The predicted molar refractivity (Wildman–Crippen MR) is 183 cm³/mol. The Balaban J connectivity index is 1.16. The number of nitrogens with one attached hydrogen (secondary N) is 2. The Labute approximate surface area is 271 Å². The number of anilines is 2. The van der Waals surface area contributed by atoms with Crippen LogP contribution in [0, 0.1) is 12.7 Å². The van der Waals surface area contributed by atoms with Crippen molar-refractivity contribution in [1.29, 1.82) is 0 Å². The molecule has 0 aliphatic carbocycles.